The first-order valence-corrected chi connectivity index (χ1v) is 9.34. The van der Waals surface area contributed by atoms with Crippen LogP contribution in [-0.4, -0.2) is 27.6 Å². The average Bonchev–Trinajstić information content (AvgIpc) is 2.61. The predicted octanol–water partition coefficient (Wildman–Crippen LogP) is 2.48. The number of hydrogen-bond acceptors (Lipinski definition) is 4. The van der Waals surface area contributed by atoms with Gasteiger partial charge in [-0.3, -0.25) is 9.62 Å². The highest BCUT2D eigenvalue weighted by molar-refractivity contribution is 7.90. The second kappa shape index (κ2) is 7.54. The summed E-state index contributed by atoms with van der Waals surface area (Å²) in [7, 11) is -3.48. The Kier molecular flexibility index (Phi) is 5.20. The van der Waals surface area contributed by atoms with E-state index in [-0.39, 0.29) is 6.61 Å². The van der Waals surface area contributed by atoms with E-state index in [9.17, 15) is 13.2 Å². The number of benzene rings is 2. The Hall–Kier alpha value is -2.58. The van der Waals surface area contributed by atoms with E-state index in [4.69, 9.17) is 4.74 Å². The van der Waals surface area contributed by atoms with Gasteiger partial charge in [-0.15, -0.1) is 0 Å². The lowest BCUT2D eigenvalue weighted by Gasteiger charge is -2.28. The summed E-state index contributed by atoms with van der Waals surface area (Å²) in [6.45, 7) is 1.06. The molecule has 2 aromatic carbocycles. The molecule has 1 amide bonds. The summed E-state index contributed by atoms with van der Waals surface area (Å²) in [5.41, 5.74) is 1.98. The molecule has 2 N–H and O–H groups in total. The van der Waals surface area contributed by atoms with Gasteiger partial charge in [0.05, 0.1) is 5.69 Å². The van der Waals surface area contributed by atoms with Gasteiger partial charge in [0.1, 0.15) is 6.61 Å². The lowest BCUT2D eigenvalue weighted by atomic mass is 10.2. The lowest BCUT2D eigenvalue weighted by Crippen LogP contribution is -2.47. The van der Waals surface area contributed by atoms with Gasteiger partial charge < -0.3 is 4.74 Å². The second-order valence-corrected chi connectivity index (χ2v) is 7.24. The molecule has 0 bridgehead atoms. The van der Waals surface area contributed by atoms with Crippen molar-refractivity contribution in [1.82, 2.24) is 4.72 Å². The van der Waals surface area contributed by atoms with Crippen LogP contribution in [-0.2, 0) is 21.6 Å². The van der Waals surface area contributed by atoms with Gasteiger partial charge in [0.15, 0.2) is 0 Å². The third-order valence-electron chi connectivity index (χ3n) is 3.73. The Balaban J connectivity index is 1.58. The molecule has 1 fully saturated rings. The maximum atomic E-state index is 12.0. The van der Waals surface area contributed by atoms with E-state index >= 15 is 0 Å². The van der Waals surface area contributed by atoms with E-state index in [0.29, 0.717) is 24.5 Å². The zero-order valence-electron chi connectivity index (χ0n) is 13.5. The van der Waals surface area contributed by atoms with E-state index in [2.05, 4.69) is 10.0 Å². The Morgan fingerprint density at radius 2 is 1.84 bits per heavy atom. The van der Waals surface area contributed by atoms with Crippen LogP contribution in [0.25, 0.3) is 0 Å². The molecule has 2 aromatic rings. The summed E-state index contributed by atoms with van der Waals surface area (Å²) < 4.78 is 32.9. The van der Waals surface area contributed by atoms with Crippen molar-refractivity contribution in [3.05, 3.63) is 60.2 Å². The van der Waals surface area contributed by atoms with Crippen molar-refractivity contribution < 1.29 is 17.9 Å². The largest absolute Gasteiger partial charge is 0.444 e. The first kappa shape index (κ1) is 17.2. The second-order valence-electron chi connectivity index (χ2n) is 5.56. The smallest absolute Gasteiger partial charge is 0.411 e. The first-order valence-electron chi connectivity index (χ1n) is 7.90. The molecule has 132 valence electrons. The van der Waals surface area contributed by atoms with Crippen LogP contribution in [0.1, 0.15) is 12.0 Å². The molecule has 0 spiro atoms. The van der Waals surface area contributed by atoms with Crippen molar-refractivity contribution >= 4 is 27.7 Å². The SMILES string of the molecule is O=C(Nc1ccc(N2CCCNS2(=O)=O)cc1)OCc1ccccc1. The molecule has 0 atom stereocenters. The topological polar surface area (TPSA) is 87.7 Å². The Morgan fingerprint density at radius 1 is 1.12 bits per heavy atom. The van der Waals surface area contributed by atoms with Crippen molar-refractivity contribution in [2.75, 3.05) is 22.7 Å². The molecule has 0 saturated carbocycles. The summed E-state index contributed by atoms with van der Waals surface area (Å²) in [5, 5.41) is 2.62. The van der Waals surface area contributed by atoms with Crippen molar-refractivity contribution in [2.45, 2.75) is 13.0 Å². The van der Waals surface area contributed by atoms with Crippen molar-refractivity contribution in [3.8, 4) is 0 Å². The summed E-state index contributed by atoms with van der Waals surface area (Å²) >= 11 is 0. The molecule has 0 aliphatic carbocycles. The first-order chi connectivity index (χ1) is 12.0. The van der Waals surface area contributed by atoms with Gasteiger partial charge in [0, 0.05) is 18.8 Å². The summed E-state index contributed by atoms with van der Waals surface area (Å²) in [5.74, 6) is 0. The van der Waals surface area contributed by atoms with E-state index in [1.165, 1.54) is 4.31 Å². The molecule has 0 aromatic heterocycles. The lowest BCUT2D eigenvalue weighted by molar-refractivity contribution is 0.155. The molecule has 1 heterocycles. The molecule has 1 aliphatic rings. The molecular formula is C17H19N3O4S. The maximum Gasteiger partial charge on any atom is 0.411 e. The highest BCUT2D eigenvalue weighted by Gasteiger charge is 2.25. The van der Waals surface area contributed by atoms with Crippen molar-refractivity contribution in [2.24, 2.45) is 0 Å². The monoisotopic (exact) mass is 361 g/mol. The molecule has 1 saturated heterocycles. The van der Waals surface area contributed by atoms with Gasteiger partial charge in [-0.1, -0.05) is 30.3 Å². The van der Waals surface area contributed by atoms with Crippen molar-refractivity contribution in [1.29, 1.82) is 0 Å². The number of nitrogens with one attached hydrogen (secondary N) is 2. The summed E-state index contributed by atoms with van der Waals surface area (Å²) in [6, 6.07) is 16.0. The quantitative estimate of drug-likeness (QED) is 0.876. The number of hydrogen-bond donors (Lipinski definition) is 2. The number of ether oxygens (including phenoxy) is 1. The fourth-order valence-corrected chi connectivity index (χ4v) is 3.80. The highest BCUT2D eigenvalue weighted by atomic mass is 32.2. The Morgan fingerprint density at radius 3 is 2.52 bits per heavy atom. The molecule has 3 rings (SSSR count). The standard InChI is InChI=1S/C17H19N3O4S/c21-17(24-13-14-5-2-1-3-6-14)19-15-7-9-16(10-8-15)20-12-4-11-18-25(20,22)23/h1-3,5-10,18H,4,11-13H2,(H,19,21). The minimum absolute atomic E-state index is 0.183. The van der Waals surface area contributed by atoms with Gasteiger partial charge in [-0.25, -0.2) is 4.79 Å². The summed E-state index contributed by atoms with van der Waals surface area (Å²) in [4.78, 5) is 11.8. The Labute approximate surface area is 146 Å². The summed E-state index contributed by atoms with van der Waals surface area (Å²) in [6.07, 6.45) is 0.175. The van der Waals surface area contributed by atoms with Crippen LogP contribution < -0.4 is 14.3 Å². The zero-order chi connectivity index (χ0) is 17.7. The molecule has 25 heavy (non-hydrogen) atoms. The number of nitrogens with zero attached hydrogens (tertiary/aromatic N) is 1. The number of carbonyl (C=O) groups excluding carboxylic acids is 1. The van der Waals surface area contributed by atoms with Gasteiger partial charge in [0.2, 0.25) is 0 Å². The molecule has 0 radical (unpaired) electrons. The van der Waals surface area contributed by atoms with Crippen LogP contribution >= 0.6 is 0 Å². The number of carbonyl (C=O) groups is 1. The zero-order valence-corrected chi connectivity index (χ0v) is 14.3. The predicted molar refractivity (Wildman–Crippen MR) is 95.6 cm³/mol. The van der Waals surface area contributed by atoms with Gasteiger partial charge in [-0.2, -0.15) is 13.1 Å². The van der Waals surface area contributed by atoms with Crippen LogP contribution in [0.4, 0.5) is 16.2 Å². The van der Waals surface area contributed by atoms with E-state index < -0.39 is 16.3 Å². The molecular weight excluding hydrogens is 342 g/mol. The highest BCUT2D eigenvalue weighted by Crippen LogP contribution is 2.22. The van der Waals surface area contributed by atoms with Crippen LogP contribution in [0.15, 0.2) is 54.6 Å². The maximum absolute atomic E-state index is 12.0. The number of anilines is 2. The molecule has 7 nitrogen and oxygen atoms in total. The molecule has 8 heteroatoms. The van der Waals surface area contributed by atoms with E-state index in [0.717, 1.165) is 12.0 Å². The average molecular weight is 361 g/mol. The van der Waals surface area contributed by atoms with Crippen LogP contribution in [0.3, 0.4) is 0 Å². The minimum Gasteiger partial charge on any atom is -0.444 e. The Bertz CT molecular complexity index is 823. The number of amides is 1. The van der Waals surface area contributed by atoms with Gasteiger partial charge >= 0.3 is 16.3 Å². The fraction of sp³-hybridized carbons (Fsp3) is 0.235. The normalized spacial score (nSPS) is 16.2. The van der Waals surface area contributed by atoms with Crippen molar-refractivity contribution in [3.63, 3.8) is 0 Å². The third kappa shape index (κ3) is 4.49. The fourth-order valence-electron chi connectivity index (χ4n) is 2.48. The third-order valence-corrected chi connectivity index (χ3v) is 5.27. The van der Waals surface area contributed by atoms with Crippen LogP contribution in [0.5, 0.6) is 0 Å². The van der Waals surface area contributed by atoms with E-state index in [1.807, 2.05) is 30.3 Å². The number of rotatable bonds is 4. The van der Waals surface area contributed by atoms with E-state index in [1.54, 1.807) is 24.3 Å². The van der Waals surface area contributed by atoms with Crippen LogP contribution in [0.2, 0.25) is 0 Å². The molecule has 0 unspecified atom stereocenters. The van der Waals surface area contributed by atoms with Gasteiger partial charge in [-0.05, 0) is 36.2 Å². The minimum atomic E-state index is -3.48. The van der Waals surface area contributed by atoms with Gasteiger partial charge in [0.25, 0.3) is 0 Å². The molecule has 1 aliphatic heterocycles. The van der Waals surface area contributed by atoms with Crippen LogP contribution in [0, 0.1) is 0 Å².